The summed E-state index contributed by atoms with van der Waals surface area (Å²) in [4.78, 5) is 3.56. The first-order chi connectivity index (χ1) is 6.68. The van der Waals surface area contributed by atoms with E-state index in [4.69, 9.17) is 5.73 Å². The van der Waals surface area contributed by atoms with Gasteiger partial charge in [0, 0.05) is 10.7 Å². The van der Waals surface area contributed by atoms with Crippen LogP contribution in [0, 0.1) is 5.95 Å². The lowest BCUT2D eigenvalue weighted by molar-refractivity contribution is 0.586. The summed E-state index contributed by atoms with van der Waals surface area (Å²) in [6.45, 7) is 0. The molecule has 0 unspecified atom stereocenters. The first-order valence-corrected chi connectivity index (χ1v) is 4.58. The summed E-state index contributed by atoms with van der Waals surface area (Å²) in [7, 11) is 0. The van der Waals surface area contributed by atoms with E-state index in [1.807, 2.05) is 0 Å². The maximum Gasteiger partial charge on any atom is 0.222 e. The molecule has 0 aliphatic heterocycles. The first-order valence-electron chi connectivity index (χ1n) is 3.78. The van der Waals surface area contributed by atoms with Gasteiger partial charge in [-0.3, -0.25) is 5.10 Å². The number of nitrogen functional groups attached to an aromatic ring is 1. The summed E-state index contributed by atoms with van der Waals surface area (Å²) in [5.41, 5.74) is 6.72. The molecule has 0 aromatic carbocycles. The fraction of sp³-hybridized carbons (Fsp3) is 0. The summed E-state index contributed by atoms with van der Waals surface area (Å²) in [6.07, 6.45) is 2.81. The fourth-order valence-electron chi connectivity index (χ4n) is 1.11. The van der Waals surface area contributed by atoms with Crippen molar-refractivity contribution >= 4 is 21.6 Å². The number of pyridine rings is 1. The number of hydrogen-bond donors (Lipinski definition) is 2. The number of hydrogen-bond acceptors (Lipinski definition) is 3. The van der Waals surface area contributed by atoms with Crippen molar-refractivity contribution in [2.75, 3.05) is 5.73 Å². The minimum absolute atomic E-state index is 0.300. The largest absolute Gasteiger partial charge is 0.396 e. The molecule has 0 atom stereocenters. The molecule has 2 aromatic rings. The molecule has 0 saturated heterocycles. The van der Waals surface area contributed by atoms with Crippen LogP contribution in [0.5, 0.6) is 0 Å². The summed E-state index contributed by atoms with van der Waals surface area (Å²) in [5, 5.41) is 6.32. The van der Waals surface area contributed by atoms with Crippen molar-refractivity contribution in [3.63, 3.8) is 0 Å². The first kappa shape index (κ1) is 9.14. The van der Waals surface area contributed by atoms with Crippen LogP contribution in [-0.4, -0.2) is 15.2 Å². The molecule has 4 nitrogen and oxygen atoms in total. The third-order valence-corrected chi connectivity index (χ3v) is 2.18. The average molecular weight is 257 g/mol. The summed E-state index contributed by atoms with van der Waals surface area (Å²) < 4.78 is 14.0. The van der Waals surface area contributed by atoms with Gasteiger partial charge in [0.2, 0.25) is 5.95 Å². The van der Waals surface area contributed by atoms with Crippen molar-refractivity contribution in [3.05, 3.63) is 28.9 Å². The molecule has 0 aliphatic carbocycles. The Labute approximate surface area is 87.5 Å². The van der Waals surface area contributed by atoms with E-state index in [2.05, 4.69) is 31.1 Å². The Morgan fingerprint density at radius 1 is 1.43 bits per heavy atom. The van der Waals surface area contributed by atoms with E-state index in [0.717, 1.165) is 0 Å². The number of halogens is 2. The van der Waals surface area contributed by atoms with Crippen LogP contribution in [0.2, 0.25) is 0 Å². The van der Waals surface area contributed by atoms with Crippen LogP contribution >= 0.6 is 15.9 Å². The van der Waals surface area contributed by atoms with Gasteiger partial charge in [0.15, 0.2) is 0 Å². The fourth-order valence-corrected chi connectivity index (χ4v) is 1.44. The van der Waals surface area contributed by atoms with E-state index in [1.165, 1.54) is 12.4 Å². The normalized spacial score (nSPS) is 10.4. The van der Waals surface area contributed by atoms with E-state index in [-0.39, 0.29) is 0 Å². The molecule has 14 heavy (non-hydrogen) atoms. The molecule has 72 valence electrons. The van der Waals surface area contributed by atoms with E-state index in [9.17, 15) is 4.39 Å². The van der Waals surface area contributed by atoms with E-state index >= 15 is 0 Å². The lowest BCUT2D eigenvalue weighted by Gasteiger charge is -2.00. The summed E-state index contributed by atoms with van der Waals surface area (Å²) in [5.74, 6) is -0.579. The Morgan fingerprint density at radius 3 is 2.86 bits per heavy atom. The molecule has 0 bridgehead atoms. The quantitative estimate of drug-likeness (QED) is 0.767. The predicted molar refractivity (Wildman–Crippen MR) is 53.9 cm³/mol. The van der Waals surface area contributed by atoms with Crippen LogP contribution in [0.3, 0.4) is 0 Å². The van der Waals surface area contributed by atoms with Crippen molar-refractivity contribution in [1.82, 2.24) is 15.2 Å². The number of aromatic nitrogens is 3. The Bertz CT molecular complexity index is 468. The minimum atomic E-state index is -0.579. The number of nitrogens with two attached hydrogens (primary N) is 1. The van der Waals surface area contributed by atoms with Crippen LogP contribution < -0.4 is 5.73 Å². The highest BCUT2D eigenvalue weighted by molar-refractivity contribution is 9.10. The number of aromatic amines is 1. The zero-order chi connectivity index (χ0) is 10.1. The topological polar surface area (TPSA) is 67.6 Å². The number of nitrogens with one attached hydrogen (secondary N) is 1. The van der Waals surface area contributed by atoms with Gasteiger partial charge in [-0.05, 0) is 22.0 Å². The predicted octanol–water partition coefficient (Wildman–Crippen LogP) is 1.96. The molecule has 2 aromatic heterocycles. The Morgan fingerprint density at radius 2 is 2.21 bits per heavy atom. The Balaban J connectivity index is 2.62. The molecule has 0 saturated carbocycles. The second kappa shape index (κ2) is 3.38. The van der Waals surface area contributed by atoms with Gasteiger partial charge in [0.05, 0.1) is 23.1 Å². The molecule has 0 aliphatic rings. The maximum absolute atomic E-state index is 13.3. The lowest BCUT2D eigenvalue weighted by atomic mass is 10.2. The van der Waals surface area contributed by atoms with E-state index in [1.54, 1.807) is 6.07 Å². The average Bonchev–Trinajstić information content (AvgIpc) is 2.56. The lowest BCUT2D eigenvalue weighted by Crippen LogP contribution is -1.92. The maximum atomic E-state index is 13.3. The molecule has 0 fully saturated rings. The highest BCUT2D eigenvalue weighted by atomic mass is 79.9. The van der Waals surface area contributed by atoms with Gasteiger partial charge in [0.25, 0.3) is 0 Å². The van der Waals surface area contributed by atoms with Gasteiger partial charge >= 0.3 is 0 Å². The smallest absolute Gasteiger partial charge is 0.222 e. The minimum Gasteiger partial charge on any atom is -0.396 e. The van der Waals surface area contributed by atoms with Gasteiger partial charge in [-0.2, -0.15) is 9.49 Å². The Hall–Kier alpha value is -1.43. The van der Waals surface area contributed by atoms with Crippen LogP contribution in [0.1, 0.15) is 0 Å². The van der Waals surface area contributed by atoms with Crippen LogP contribution in [0.4, 0.5) is 10.1 Å². The van der Waals surface area contributed by atoms with Gasteiger partial charge in [0.1, 0.15) is 0 Å². The highest BCUT2D eigenvalue weighted by Crippen LogP contribution is 2.26. The third kappa shape index (κ3) is 1.48. The van der Waals surface area contributed by atoms with Gasteiger partial charge in [-0.15, -0.1) is 0 Å². The third-order valence-electron chi connectivity index (χ3n) is 1.74. The molecule has 0 spiro atoms. The highest BCUT2D eigenvalue weighted by Gasteiger charge is 2.11. The molecular formula is C8H6BrFN4. The number of nitrogens with zero attached hydrogens (tertiary/aromatic N) is 2. The van der Waals surface area contributed by atoms with Gasteiger partial charge in [-0.1, -0.05) is 0 Å². The summed E-state index contributed by atoms with van der Waals surface area (Å²) in [6, 6.07) is 1.59. The second-order valence-corrected chi connectivity index (χ2v) is 3.61. The number of H-pyrrole nitrogens is 1. The molecule has 0 radical (unpaired) electrons. The van der Waals surface area contributed by atoms with Crippen molar-refractivity contribution in [3.8, 4) is 11.3 Å². The SMILES string of the molecule is Nc1cn[nH]c1-c1cc(Br)cnc1F. The van der Waals surface area contributed by atoms with Crippen molar-refractivity contribution < 1.29 is 4.39 Å². The number of anilines is 1. The summed E-state index contributed by atoms with van der Waals surface area (Å²) >= 11 is 3.20. The zero-order valence-electron chi connectivity index (χ0n) is 6.96. The van der Waals surface area contributed by atoms with Crippen LogP contribution in [-0.2, 0) is 0 Å². The molecule has 3 N–H and O–H groups in total. The van der Waals surface area contributed by atoms with Gasteiger partial charge in [-0.25, -0.2) is 4.98 Å². The second-order valence-electron chi connectivity index (χ2n) is 2.69. The van der Waals surface area contributed by atoms with Crippen LogP contribution in [0.15, 0.2) is 22.9 Å². The van der Waals surface area contributed by atoms with Crippen LogP contribution in [0.25, 0.3) is 11.3 Å². The molecular weight excluding hydrogens is 251 g/mol. The van der Waals surface area contributed by atoms with Gasteiger partial charge < -0.3 is 5.73 Å². The van der Waals surface area contributed by atoms with Crippen molar-refractivity contribution in [2.45, 2.75) is 0 Å². The van der Waals surface area contributed by atoms with E-state index in [0.29, 0.717) is 21.4 Å². The Kier molecular flexibility index (Phi) is 2.20. The van der Waals surface area contributed by atoms with E-state index < -0.39 is 5.95 Å². The molecule has 6 heteroatoms. The molecule has 2 rings (SSSR count). The monoisotopic (exact) mass is 256 g/mol. The standard InChI is InChI=1S/C8H6BrFN4/c9-4-1-5(8(10)12-2-4)7-6(11)3-13-14-7/h1-3H,11H2,(H,13,14). The molecule has 0 amide bonds. The zero-order valence-corrected chi connectivity index (χ0v) is 8.55. The van der Waals surface area contributed by atoms with Crippen molar-refractivity contribution in [2.24, 2.45) is 0 Å². The number of rotatable bonds is 1. The van der Waals surface area contributed by atoms with Crippen molar-refractivity contribution in [1.29, 1.82) is 0 Å². The molecule has 2 heterocycles.